The summed E-state index contributed by atoms with van der Waals surface area (Å²) in [6.07, 6.45) is 7.23. The van der Waals surface area contributed by atoms with Gasteiger partial charge in [0.05, 0.1) is 27.4 Å². The van der Waals surface area contributed by atoms with Crippen molar-refractivity contribution in [3.05, 3.63) is 95.4 Å². The number of para-hydroxylation sites is 1. The molecule has 33 heavy (non-hydrogen) atoms. The summed E-state index contributed by atoms with van der Waals surface area (Å²) in [5.41, 5.74) is 2.62. The number of benzene rings is 2. The van der Waals surface area contributed by atoms with E-state index in [0.717, 1.165) is 27.2 Å². The minimum atomic E-state index is -0.299. The van der Waals surface area contributed by atoms with Gasteiger partial charge in [-0.3, -0.25) is 9.59 Å². The molecule has 0 aliphatic heterocycles. The highest BCUT2D eigenvalue weighted by molar-refractivity contribution is 7.18. The second-order valence-electron chi connectivity index (χ2n) is 8.02. The molecule has 0 radical (unpaired) electrons. The van der Waals surface area contributed by atoms with Crippen molar-refractivity contribution >= 4 is 39.1 Å². The van der Waals surface area contributed by atoms with Gasteiger partial charge in [-0.25, -0.2) is 4.98 Å². The third-order valence-electron chi connectivity index (χ3n) is 5.82. The van der Waals surface area contributed by atoms with Crippen LogP contribution < -0.4 is 10.6 Å². The van der Waals surface area contributed by atoms with Crippen LogP contribution in [-0.4, -0.2) is 16.8 Å². The van der Waals surface area contributed by atoms with Gasteiger partial charge < -0.3 is 15.1 Å². The van der Waals surface area contributed by atoms with E-state index in [1.54, 1.807) is 23.5 Å². The summed E-state index contributed by atoms with van der Waals surface area (Å²) in [6.45, 7) is 0.429. The molecule has 2 aromatic heterocycles. The van der Waals surface area contributed by atoms with E-state index in [1.165, 1.54) is 6.26 Å². The molecule has 1 aliphatic rings. The molecule has 2 atom stereocenters. The summed E-state index contributed by atoms with van der Waals surface area (Å²) in [7, 11) is 0. The molecule has 0 unspecified atom stereocenters. The predicted octanol–water partition coefficient (Wildman–Crippen LogP) is 5.51. The van der Waals surface area contributed by atoms with E-state index in [9.17, 15) is 9.59 Å². The lowest BCUT2D eigenvalue weighted by atomic mass is 9.82. The molecule has 7 heteroatoms. The molecule has 2 amide bonds. The Bertz CT molecular complexity index is 1260. The topological polar surface area (TPSA) is 84.2 Å². The number of carbonyl (C=O) groups is 2. The number of thiazole rings is 1. The van der Waals surface area contributed by atoms with Gasteiger partial charge in [0, 0.05) is 18.2 Å². The molecule has 2 aromatic carbocycles. The van der Waals surface area contributed by atoms with Crippen LogP contribution in [0.2, 0.25) is 0 Å². The van der Waals surface area contributed by atoms with Crippen LogP contribution in [0.4, 0.5) is 5.69 Å². The maximum Gasteiger partial charge on any atom is 0.291 e. The first-order valence-corrected chi connectivity index (χ1v) is 11.7. The van der Waals surface area contributed by atoms with Gasteiger partial charge in [-0.05, 0) is 54.8 Å². The van der Waals surface area contributed by atoms with E-state index in [1.807, 2.05) is 42.5 Å². The number of rotatable bonds is 6. The molecule has 166 valence electrons. The summed E-state index contributed by atoms with van der Waals surface area (Å²) in [5, 5.41) is 6.90. The minimum Gasteiger partial charge on any atom is -0.459 e. The molecule has 5 rings (SSSR count). The normalized spacial score (nSPS) is 17.7. The Morgan fingerprint density at radius 1 is 1.00 bits per heavy atom. The van der Waals surface area contributed by atoms with E-state index < -0.39 is 0 Å². The quantitative estimate of drug-likeness (QED) is 0.374. The second-order valence-corrected chi connectivity index (χ2v) is 9.08. The zero-order chi connectivity index (χ0) is 22.6. The van der Waals surface area contributed by atoms with Gasteiger partial charge in [-0.1, -0.05) is 36.4 Å². The highest BCUT2D eigenvalue weighted by Gasteiger charge is 2.32. The number of furan rings is 1. The third-order valence-corrected chi connectivity index (χ3v) is 6.99. The first kappa shape index (κ1) is 21.2. The van der Waals surface area contributed by atoms with E-state index in [2.05, 4.69) is 28.9 Å². The van der Waals surface area contributed by atoms with E-state index >= 15 is 0 Å². The number of allylic oxidation sites excluding steroid dienone is 2. The monoisotopic (exact) mass is 457 g/mol. The molecule has 0 fully saturated rings. The first-order chi connectivity index (χ1) is 16.2. The summed E-state index contributed by atoms with van der Waals surface area (Å²) in [4.78, 5) is 30.0. The van der Waals surface area contributed by atoms with Crippen LogP contribution in [0.5, 0.6) is 0 Å². The largest absolute Gasteiger partial charge is 0.459 e. The molecule has 0 spiro atoms. The van der Waals surface area contributed by atoms with Gasteiger partial charge in [0.1, 0.15) is 0 Å². The Balaban J connectivity index is 1.21. The molecule has 0 saturated heterocycles. The maximum atomic E-state index is 13.1. The first-order valence-electron chi connectivity index (χ1n) is 10.9. The van der Waals surface area contributed by atoms with Gasteiger partial charge in [-0.2, -0.15) is 0 Å². The zero-order valence-corrected chi connectivity index (χ0v) is 18.7. The SMILES string of the molecule is O=C(Nc1ccc(CNC(=O)[C@H]2CC=CC[C@@H]2c2nc3ccccc3s2)cc1)c1ccco1. The summed E-state index contributed by atoms with van der Waals surface area (Å²) in [6, 6.07) is 18.8. The molecule has 0 saturated carbocycles. The lowest BCUT2D eigenvalue weighted by molar-refractivity contribution is -0.125. The molecule has 2 N–H and O–H groups in total. The molecule has 0 bridgehead atoms. The molecular formula is C26H23N3O3S. The number of nitrogens with zero attached hydrogens (tertiary/aromatic N) is 1. The van der Waals surface area contributed by atoms with Crippen molar-refractivity contribution < 1.29 is 14.0 Å². The molecule has 1 aliphatic carbocycles. The Labute approximate surface area is 195 Å². The number of fused-ring (bicyclic) bond motifs is 1. The van der Waals surface area contributed by atoms with Crippen LogP contribution in [0.15, 0.2) is 83.5 Å². The van der Waals surface area contributed by atoms with E-state index in [-0.39, 0.29) is 29.4 Å². The van der Waals surface area contributed by atoms with Crippen LogP contribution in [0.25, 0.3) is 10.2 Å². The maximum absolute atomic E-state index is 13.1. The highest BCUT2D eigenvalue weighted by atomic mass is 32.1. The van der Waals surface area contributed by atoms with Crippen molar-refractivity contribution in [1.82, 2.24) is 10.3 Å². The van der Waals surface area contributed by atoms with Gasteiger partial charge in [-0.15, -0.1) is 11.3 Å². The van der Waals surface area contributed by atoms with Gasteiger partial charge in [0.2, 0.25) is 5.91 Å². The Morgan fingerprint density at radius 3 is 2.61 bits per heavy atom. The smallest absolute Gasteiger partial charge is 0.291 e. The Hall–Kier alpha value is -3.71. The van der Waals surface area contributed by atoms with Crippen molar-refractivity contribution in [2.24, 2.45) is 5.92 Å². The fraction of sp³-hybridized carbons (Fsp3) is 0.192. The van der Waals surface area contributed by atoms with E-state index in [4.69, 9.17) is 9.40 Å². The summed E-state index contributed by atoms with van der Waals surface area (Å²) < 4.78 is 6.26. The van der Waals surface area contributed by atoms with Crippen LogP contribution >= 0.6 is 11.3 Å². The Morgan fingerprint density at radius 2 is 1.82 bits per heavy atom. The van der Waals surface area contributed by atoms with Crippen LogP contribution in [0, 0.1) is 5.92 Å². The summed E-state index contributed by atoms with van der Waals surface area (Å²) >= 11 is 1.68. The number of nitrogens with one attached hydrogen (secondary N) is 2. The van der Waals surface area contributed by atoms with Gasteiger partial charge in [0.25, 0.3) is 5.91 Å². The number of aromatic nitrogens is 1. The average Bonchev–Trinajstić information content (AvgIpc) is 3.54. The zero-order valence-electron chi connectivity index (χ0n) is 17.9. The fourth-order valence-electron chi connectivity index (χ4n) is 4.05. The lowest BCUT2D eigenvalue weighted by Gasteiger charge is -2.26. The molecule has 6 nitrogen and oxygen atoms in total. The van der Waals surface area contributed by atoms with Crippen molar-refractivity contribution in [3.63, 3.8) is 0 Å². The predicted molar refractivity (Wildman–Crippen MR) is 129 cm³/mol. The highest BCUT2D eigenvalue weighted by Crippen LogP contribution is 2.38. The standard InChI is InChI=1S/C26H23N3O3S/c30-24(19-6-1-2-7-20(19)26-29-21-8-3-4-10-23(21)33-26)27-16-17-11-13-18(14-12-17)28-25(31)22-9-5-15-32-22/h1-5,8-15,19-20H,6-7,16H2,(H,27,30)(H,28,31)/t19-,20-/m0/s1. The van der Waals surface area contributed by atoms with E-state index in [0.29, 0.717) is 18.7 Å². The third kappa shape index (κ3) is 4.73. The molecular weight excluding hydrogens is 434 g/mol. The second kappa shape index (κ2) is 9.42. The summed E-state index contributed by atoms with van der Waals surface area (Å²) in [5.74, 6) is -0.0457. The van der Waals surface area contributed by atoms with Crippen LogP contribution in [0.3, 0.4) is 0 Å². The molecule has 2 heterocycles. The Kier molecular flexibility index (Phi) is 6.04. The minimum absolute atomic E-state index is 0.0406. The average molecular weight is 458 g/mol. The van der Waals surface area contributed by atoms with Gasteiger partial charge >= 0.3 is 0 Å². The number of hydrogen-bond acceptors (Lipinski definition) is 5. The number of anilines is 1. The number of hydrogen-bond donors (Lipinski definition) is 2. The lowest BCUT2D eigenvalue weighted by Crippen LogP contribution is -2.34. The van der Waals surface area contributed by atoms with Crippen molar-refractivity contribution in [2.75, 3.05) is 5.32 Å². The van der Waals surface area contributed by atoms with Gasteiger partial charge in [0.15, 0.2) is 5.76 Å². The van der Waals surface area contributed by atoms with Crippen LogP contribution in [0.1, 0.15) is 39.9 Å². The van der Waals surface area contributed by atoms with Crippen molar-refractivity contribution in [2.45, 2.75) is 25.3 Å². The van der Waals surface area contributed by atoms with Crippen molar-refractivity contribution in [1.29, 1.82) is 0 Å². The van der Waals surface area contributed by atoms with Crippen molar-refractivity contribution in [3.8, 4) is 0 Å². The number of carbonyl (C=O) groups excluding carboxylic acids is 2. The molecule has 4 aromatic rings. The van der Waals surface area contributed by atoms with Crippen LogP contribution in [-0.2, 0) is 11.3 Å². The number of amides is 2. The fourth-order valence-corrected chi connectivity index (χ4v) is 5.20.